The van der Waals surface area contributed by atoms with Crippen LogP contribution in [0.3, 0.4) is 0 Å². The summed E-state index contributed by atoms with van der Waals surface area (Å²) in [6.45, 7) is 1.69. The molecule has 1 atom stereocenters. The second-order valence-electron chi connectivity index (χ2n) is 2.48. The number of ether oxygens (including phenoxy) is 1. The normalized spacial score (nSPS) is 25.5. The minimum atomic E-state index is 0.452. The van der Waals surface area contributed by atoms with Crippen molar-refractivity contribution in [2.45, 2.75) is 25.4 Å². The van der Waals surface area contributed by atoms with E-state index in [1.165, 1.54) is 12.8 Å². The molecule has 60 valence electrons. The van der Waals surface area contributed by atoms with Gasteiger partial charge in [0.15, 0.2) is 0 Å². The van der Waals surface area contributed by atoms with E-state index < -0.39 is 0 Å². The fourth-order valence-electron chi connectivity index (χ4n) is 1.16. The summed E-state index contributed by atoms with van der Waals surface area (Å²) in [4.78, 5) is 4.97. The molecule has 1 N–H and O–H groups in total. The van der Waals surface area contributed by atoms with Crippen LogP contribution in [0.4, 0.5) is 0 Å². The van der Waals surface area contributed by atoms with E-state index in [0.29, 0.717) is 6.10 Å². The van der Waals surface area contributed by atoms with Crippen molar-refractivity contribution in [3.63, 3.8) is 0 Å². The zero-order valence-corrected chi connectivity index (χ0v) is 6.43. The first-order valence-corrected chi connectivity index (χ1v) is 3.83. The van der Waals surface area contributed by atoms with E-state index in [0.717, 1.165) is 19.6 Å². The Morgan fingerprint density at radius 1 is 1.70 bits per heavy atom. The predicted molar refractivity (Wildman–Crippen MR) is 38.6 cm³/mol. The molecule has 1 aliphatic rings. The van der Waals surface area contributed by atoms with Crippen molar-refractivity contribution in [1.82, 2.24) is 5.48 Å². The van der Waals surface area contributed by atoms with Gasteiger partial charge in [-0.2, -0.15) is 0 Å². The summed E-state index contributed by atoms with van der Waals surface area (Å²) in [7, 11) is 1.77. The van der Waals surface area contributed by atoms with Crippen molar-refractivity contribution in [2.24, 2.45) is 0 Å². The maximum atomic E-state index is 5.39. The highest BCUT2D eigenvalue weighted by molar-refractivity contribution is 4.63. The molecular formula is C7H15NO2. The van der Waals surface area contributed by atoms with E-state index in [4.69, 9.17) is 9.57 Å². The fourth-order valence-corrected chi connectivity index (χ4v) is 1.16. The zero-order chi connectivity index (χ0) is 7.23. The van der Waals surface area contributed by atoms with Crippen LogP contribution in [0.2, 0.25) is 0 Å². The maximum absolute atomic E-state index is 5.39. The molecule has 3 nitrogen and oxygen atoms in total. The Morgan fingerprint density at radius 2 is 2.60 bits per heavy atom. The van der Waals surface area contributed by atoms with Crippen molar-refractivity contribution in [1.29, 1.82) is 0 Å². The Balaban J connectivity index is 1.91. The molecule has 0 aliphatic carbocycles. The lowest BCUT2D eigenvalue weighted by Gasteiger charge is -2.07. The molecule has 3 heteroatoms. The lowest BCUT2D eigenvalue weighted by Crippen LogP contribution is -2.14. The third-order valence-corrected chi connectivity index (χ3v) is 1.71. The molecule has 1 aliphatic heterocycles. The SMILES string of the molecule is CNOCCC1CCCO1. The Labute approximate surface area is 61.7 Å². The van der Waals surface area contributed by atoms with Gasteiger partial charge in [-0.1, -0.05) is 0 Å². The van der Waals surface area contributed by atoms with Gasteiger partial charge in [0.1, 0.15) is 0 Å². The lowest BCUT2D eigenvalue weighted by atomic mass is 10.2. The summed E-state index contributed by atoms with van der Waals surface area (Å²) in [6, 6.07) is 0. The summed E-state index contributed by atoms with van der Waals surface area (Å²) in [6.07, 6.45) is 3.88. The monoisotopic (exact) mass is 145 g/mol. The zero-order valence-electron chi connectivity index (χ0n) is 6.43. The Bertz CT molecular complexity index is 81.7. The van der Waals surface area contributed by atoms with Gasteiger partial charge in [-0.15, -0.1) is 0 Å². The smallest absolute Gasteiger partial charge is 0.0706 e. The molecular weight excluding hydrogens is 130 g/mol. The average molecular weight is 145 g/mol. The fraction of sp³-hybridized carbons (Fsp3) is 1.00. The van der Waals surface area contributed by atoms with E-state index in [1.807, 2.05) is 0 Å². The van der Waals surface area contributed by atoms with Gasteiger partial charge in [0.05, 0.1) is 12.7 Å². The number of rotatable bonds is 4. The average Bonchev–Trinajstić information content (AvgIpc) is 2.41. The van der Waals surface area contributed by atoms with Crippen molar-refractivity contribution in [3.05, 3.63) is 0 Å². The van der Waals surface area contributed by atoms with Gasteiger partial charge in [-0.05, 0) is 19.3 Å². The molecule has 1 fully saturated rings. The molecule has 1 rings (SSSR count). The molecule has 10 heavy (non-hydrogen) atoms. The molecule has 0 amide bonds. The molecule has 0 spiro atoms. The molecule has 0 aromatic heterocycles. The predicted octanol–water partition coefficient (Wildman–Crippen LogP) is 0.706. The molecule has 1 unspecified atom stereocenters. The van der Waals surface area contributed by atoms with Gasteiger partial charge < -0.3 is 9.57 Å². The van der Waals surface area contributed by atoms with E-state index in [-0.39, 0.29) is 0 Å². The highest BCUT2D eigenvalue weighted by Gasteiger charge is 2.14. The van der Waals surface area contributed by atoms with Crippen LogP contribution in [0.15, 0.2) is 0 Å². The minimum Gasteiger partial charge on any atom is -0.378 e. The highest BCUT2D eigenvalue weighted by atomic mass is 16.6. The molecule has 0 radical (unpaired) electrons. The van der Waals surface area contributed by atoms with Crippen LogP contribution in [0.5, 0.6) is 0 Å². The third-order valence-electron chi connectivity index (χ3n) is 1.71. The summed E-state index contributed by atoms with van der Waals surface area (Å²) in [5.41, 5.74) is 2.64. The summed E-state index contributed by atoms with van der Waals surface area (Å²) in [5.74, 6) is 0. The first kappa shape index (κ1) is 7.98. The van der Waals surface area contributed by atoms with E-state index >= 15 is 0 Å². The van der Waals surface area contributed by atoms with Crippen LogP contribution in [-0.2, 0) is 9.57 Å². The quantitative estimate of drug-likeness (QED) is 0.466. The Morgan fingerprint density at radius 3 is 3.20 bits per heavy atom. The first-order chi connectivity index (χ1) is 4.93. The van der Waals surface area contributed by atoms with E-state index in [2.05, 4.69) is 5.48 Å². The summed E-state index contributed by atoms with van der Waals surface area (Å²) in [5, 5.41) is 0. The molecule has 1 heterocycles. The number of hydroxylamine groups is 1. The van der Waals surface area contributed by atoms with Crippen molar-refractivity contribution in [3.8, 4) is 0 Å². The largest absolute Gasteiger partial charge is 0.378 e. The Kier molecular flexibility index (Phi) is 3.72. The summed E-state index contributed by atoms with van der Waals surface area (Å²) < 4.78 is 5.39. The topological polar surface area (TPSA) is 30.5 Å². The molecule has 0 aromatic carbocycles. The van der Waals surface area contributed by atoms with Crippen molar-refractivity contribution >= 4 is 0 Å². The van der Waals surface area contributed by atoms with Crippen LogP contribution in [0.25, 0.3) is 0 Å². The summed E-state index contributed by atoms with van der Waals surface area (Å²) >= 11 is 0. The molecule has 1 saturated heterocycles. The highest BCUT2D eigenvalue weighted by Crippen LogP contribution is 2.14. The van der Waals surface area contributed by atoms with Crippen molar-refractivity contribution < 1.29 is 9.57 Å². The lowest BCUT2D eigenvalue weighted by molar-refractivity contribution is 0.0212. The first-order valence-electron chi connectivity index (χ1n) is 3.83. The van der Waals surface area contributed by atoms with Crippen LogP contribution >= 0.6 is 0 Å². The van der Waals surface area contributed by atoms with Crippen LogP contribution < -0.4 is 5.48 Å². The molecule has 0 aromatic rings. The van der Waals surface area contributed by atoms with E-state index in [1.54, 1.807) is 7.05 Å². The van der Waals surface area contributed by atoms with Crippen LogP contribution in [0.1, 0.15) is 19.3 Å². The second-order valence-corrected chi connectivity index (χ2v) is 2.48. The van der Waals surface area contributed by atoms with Gasteiger partial charge in [0.2, 0.25) is 0 Å². The maximum Gasteiger partial charge on any atom is 0.0706 e. The molecule has 0 bridgehead atoms. The minimum absolute atomic E-state index is 0.452. The van der Waals surface area contributed by atoms with Gasteiger partial charge in [-0.25, -0.2) is 5.48 Å². The van der Waals surface area contributed by atoms with Gasteiger partial charge in [0.25, 0.3) is 0 Å². The van der Waals surface area contributed by atoms with Gasteiger partial charge in [0, 0.05) is 13.7 Å². The standard InChI is InChI=1S/C7H15NO2/c1-8-10-6-4-7-3-2-5-9-7/h7-8H,2-6H2,1H3. The van der Waals surface area contributed by atoms with Crippen molar-refractivity contribution in [2.75, 3.05) is 20.3 Å². The number of hydrogen-bond donors (Lipinski definition) is 1. The molecule has 0 saturated carbocycles. The second kappa shape index (κ2) is 4.66. The Hall–Kier alpha value is -0.120. The van der Waals surface area contributed by atoms with E-state index in [9.17, 15) is 0 Å². The number of hydrogen-bond acceptors (Lipinski definition) is 3. The van der Waals surface area contributed by atoms with Crippen LogP contribution in [-0.4, -0.2) is 26.4 Å². The number of nitrogens with one attached hydrogen (secondary N) is 1. The van der Waals surface area contributed by atoms with Gasteiger partial charge in [-0.3, -0.25) is 0 Å². The van der Waals surface area contributed by atoms with Gasteiger partial charge >= 0.3 is 0 Å². The third kappa shape index (κ3) is 2.64. The van der Waals surface area contributed by atoms with Crippen LogP contribution in [0, 0.1) is 0 Å².